The third kappa shape index (κ3) is 3.52. The molecule has 0 spiro atoms. The number of amides is 1. The highest BCUT2D eigenvalue weighted by molar-refractivity contribution is 9.10. The van der Waals surface area contributed by atoms with Crippen molar-refractivity contribution < 1.29 is 14.7 Å². The molecule has 2 atom stereocenters. The smallest absolute Gasteiger partial charge is 0.308 e. The van der Waals surface area contributed by atoms with E-state index in [0.717, 1.165) is 12.8 Å². The SMILES string of the molecule is O=C(NC1CCCCC1C(=O)O)c1cc(Cl)ccc1Br. The van der Waals surface area contributed by atoms with Gasteiger partial charge in [-0.25, -0.2) is 0 Å². The summed E-state index contributed by atoms with van der Waals surface area (Å²) in [5.74, 6) is -1.65. The fourth-order valence-corrected chi connectivity index (χ4v) is 3.12. The lowest BCUT2D eigenvalue weighted by molar-refractivity contribution is -0.143. The topological polar surface area (TPSA) is 66.4 Å². The highest BCUT2D eigenvalue weighted by Gasteiger charge is 2.32. The van der Waals surface area contributed by atoms with Crippen molar-refractivity contribution in [1.82, 2.24) is 5.32 Å². The van der Waals surface area contributed by atoms with Gasteiger partial charge in [-0.15, -0.1) is 0 Å². The Labute approximate surface area is 130 Å². The number of carbonyl (C=O) groups excluding carboxylic acids is 1. The maximum absolute atomic E-state index is 12.3. The summed E-state index contributed by atoms with van der Waals surface area (Å²) < 4.78 is 0.641. The van der Waals surface area contributed by atoms with Crippen molar-refractivity contribution in [3.8, 4) is 0 Å². The van der Waals surface area contributed by atoms with Crippen molar-refractivity contribution in [3.63, 3.8) is 0 Å². The van der Waals surface area contributed by atoms with Crippen LogP contribution in [0.5, 0.6) is 0 Å². The summed E-state index contributed by atoms with van der Waals surface area (Å²) in [5.41, 5.74) is 0.423. The third-order valence-corrected chi connectivity index (χ3v) is 4.50. The molecule has 4 nitrogen and oxygen atoms in total. The minimum Gasteiger partial charge on any atom is -0.481 e. The van der Waals surface area contributed by atoms with E-state index in [0.29, 0.717) is 27.9 Å². The molecular formula is C14H15BrClNO3. The van der Waals surface area contributed by atoms with E-state index in [1.165, 1.54) is 0 Å². The van der Waals surface area contributed by atoms with Crippen LogP contribution < -0.4 is 5.32 Å². The second-order valence-corrected chi connectivity index (χ2v) is 6.22. The first-order chi connectivity index (χ1) is 9.49. The van der Waals surface area contributed by atoms with E-state index in [1.807, 2.05) is 0 Å². The molecule has 0 radical (unpaired) electrons. The van der Waals surface area contributed by atoms with Gasteiger partial charge in [-0.3, -0.25) is 9.59 Å². The van der Waals surface area contributed by atoms with Crippen molar-refractivity contribution in [2.75, 3.05) is 0 Å². The Hall–Kier alpha value is -1.07. The van der Waals surface area contributed by atoms with Gasteiger partial charge in [-0.1, -0.05) is 24.4 Å². The van der Waals surface area contributed by atoms with E-state index >= 15 is 0 Å². The summed E-state index contributed by atoms with van der Waals surface area (Å²) in [4.78, 5) is 23.5. The molecule has 0 saturated heterocycles. The largest absolute Gasteiger partial charge is 0.481 e. The normalized spacial score (nSPS) is 22.3. The average Bonchev–Trinajstić information content (AvgIpc) is 2.41. The Morgan fingerprint density at radius 2 is 2.00 bits per heavy atom. The summed E-state index contributed by atoms with van der Waals surface area (Å²) in [5, 5.41) is 12.5. The molecule has 1 fully saturated rings. The van der Waals surface area contributed by atoms with Gasteiger partial charge in [0.2, 0.25) is 0 Å². The number of hydrogen-bond acceptors (Lipinski definition) is 2. The third-order valence-electron chi connectivity index (χ3n) is 3.57. The van der Waals surface area contributed by atoms with Crippen LogP contribution in [0, 0.1) is 5.92 Å². The number of aliphatic carboxylic acids is 1. The molecule has 0 heterocycles. The summed E-state index contributed by atoms with van der Waals surface area (Å²) in [6.45, 7) is 0. The van der Waals surface area contributed by atoms with E-state index in [1.54, 1.807) is 18.2 Å². The summed E-state index contributed by atoms with van der Waals surface area (Å²) in [7, 11) is 0. The predicted octanol–water partition coefficient (Wildman–Crippen LogP) is 3.48. The molecule has 20 heavy (non-hydrogen) atoms. The van der Waals surface area contributed by atoms with Crippen LogP contribution in [0.25, 0.3) is 0 Å². The zero-order chi connectivity index (χ0) is 14.7. The van der Waals surface area contributed by atoms with Crippen LogP contribution >= 0.6 is 27.5 Å². The minimum atomic E-state index is -0.847. The first-order valence-corrected chi connectivity index (χ1v) is 7.65. The quantitative estimate of drug-likeness (QED) is 0.867. The van der Waals surface area contributed by atoms with E-state index in [9.17, 15) is 14.7 Å². The van der Waals surface area contributed by atoms with Gasteiger partial charge in [0.25, 0.3) is 5.91 Å². The van der Waals surface area contributed by atoms with Crippen molar-refractivity contribution in [2.45, 2.75) is 31.7 Å². The molecule has 1 amide bonds. The maximum Gasteiger partial charge on any atom is 0.308 e. The monoisotopic (exact) mass is 359 g/mol. The lowest BCUT2D eigenvalue weighted by Gasteiger charge is -2.29. The van der Waals surface area contributed by atoms with Gasteiger partial charge in [0.15, 0.2) is 0 Å². The van der Waals surface area contributed by atoms with Gasteiger partial charge in [0.05, 0.1) is 11.5 Å². The molecule has 0 aromatic heterocycles. The fraction of sp³-hybridized carbons (Fsp3) is 0.429. The molecule has 1 aromatic carbocycles. The Morgan fingerprint density at radius 1 is 1.30 bits per heavy atom. The molecule has 1 aliphatic rings. The molecule has 0 aliphatic heterocycles. The molecule has 1 saturated carbocycles. The van der Waals surface area contributed by atoms with E-state index in [2.05, 4.69) is 21.2 Å². The van der Waals surface area contributed by atoms with Crippen LogP contribution in [0.3, 0.4) is 0 Å². The van der Waals surface area contributed by atoms with Crippen LogP contribution in [0.1, 0.15) is 36.0 Å². The number of carboxylic acids is 1. The van der Waals surface area contributed by atoms with Gasteiger partial charge < -0.3 is 10.4 Å². The second kappa shape index (κ2) is 6.59. The number of nitrogens with one attached hydrogen (secondary N) is 1. The highest BCUT2D eigenvalue weighted by atomic mass is 79.9. The van der Waals surface area contributed by atoms with E-state index in [-0.39, 0.29) is 11.9 Å². The second-order valence-electron chi connectivity index (χ2n) is 4.93. The molecule has 0 bridgehead atoms. The Kier molecular flexibility index (Phi) is 5.05. The van der Waals surface area contributed by atoms with Gasteiger partial charge in [0, 0.05) is 15.5 Å². The average molecular weight is 361 g/mol. The van der Waals surface area contributed by atoms with Crippen LogP contribution in [-0.4, -0.2) is 23.0 Å². The fourth-order valence-electron chi connectivity index (χ4n) is 2.52. The van der Waals surface area contributed by atoms with Gasteiger partial charge in [-0.2, -0.15) is 0 Å². The molecule has 1 aromatic rings. The van der Waals surface area contributed by atoms with Crippen LogP contribution in [0.2, 0.25) is 5.02 Å². The molecule has 1 aliphatic carbocycles. The number of carbonyl (C=O) groups is 2. The van der Waals surface area contributed by atoms with Crippen molar-refractivity contribution in [2.24, 2.45) is 5.92 Å². The molecule has 2 rings (SSSR count). The number of halogens is 2. The zero-order valence-corrected chi connectivity index (χ0v) is 13.1. The summed E-state index contributed by atoms with van der Waals surface area (Å²) in [6.07, 6.45) is 3.13. The molecule has 108 valence electrons. The van der Waals surface area contributed by atoms with Gasteiger partial charge in [0.1, 0.15) is 0 Å². The van der Waals surface area contributed by atoms with Crippen molar-refractivity contribution in [3.05, 3.63) is 33.3 Å². The van der Waals surface area contributed by atoms with Crippen molar-refractivity contribution >= 4 is 39.4 Å². The number of rotatable bonds is 3. The van der Waals surface area contributed by atoms with Crippen LogP contribution in [0.4, 0.5) is 0 Å². The van der Waals surface area contributed by atoms with E-state index in [4.69, 9.17) is 11.6 Å². The van der Waals surface area contributed by atoms with Crippen molar-refractivity contribution in [1.29, 1.82) is 0 Å². The summed E-state index contributed by atoms with van der Waals surface area (Å²) in [6, 6.07) is 4.63. The standard InChI is InChI=1S/C14H15BrClNO3/c15-11-6-5-8(16)7-10(11)13(18)17-12-4-2-1-3-9(12)14(19)20/h5-7,9,12H,1-4H2,(H,17,18)(H,19,20). The minimum absolute atomic E-state index is 0.294. The lowest BCUT2D eigenvalue weighted by Crippen LogP contribution is -2.45. The molecule has 2 unspecified atom stereocenters. The Bertz CT molecular complexity index is 535. The molecule has 2 N–H and O–H groups in total. The van der Waals surface area contributed by atoms with E-state index < -0.39 is 11.9 Å². The van der Waals surface area contributed by atoms with Crippen LogP contribution in [0.15, 0.2) is 22.7 Å². The van der Waals surface area contributed by atoms with Gasteiger partial charge >= 0.3 is 5.97 Å². The number of benzene rings is 1. The Morgan fingerprint density at radius 3 is 2.70 bits per heavy atom. The highest BCUT2D eigenvalue weighted by Crippen LogP contribution is 2.26. The number of hydrogen-bond donors (Lipinski definition) is 2. The first kappa shape index (κ1) is 15.3. The first-order valence-electron chi connectivity index (χ1n) is 6.48. The predicted molar refractivity (Wildman–Crippen MR) is 80.0 cm³/mol. The lowest BCUT2D eigenvalue weighted by atomic mass is 9.84. The molecular weight excluding hydrogens is 346 g/mol. The zero-order valence-electron chi connectivity index (χ0n) is 10.7. The Balaban J connectivity index is 2.13. The van der Waals surface area contributed by atoms with Gasteiger partial charge in [-0.05, 0) is 47.0 Å². The molecule has 6 heteroatoms. The number of carboxylic acid groups (broad SMARTS) is 1. The van der Waals surface area contributed by atoms with Crippen LogP contribution in [-0.2, 0) is 4.79 Å². The maximum atomic E-state index is 12.3. The summed E-state index contributed by atoms with van der Waals surface area (Å²) >= 11 is 9.19.